The molecule has 0 aliphatic rings. The van der Waals surface area contributed by atoms with E-state index in [1.54, 1.807) is 23.0 Å². The molecule has 1 aromatic heterocycles. The summed E-state index contributed by atoms with van der Waals surface area (Å²) in [6.07, 6.45) is 4.92. The first-order chi connectivity index (χ1) is 17.2. The molecule has 6 nitrogen and oxygen atoms in total. The summed E-state index contributed by atoms with van der Waals surface area (Å²) in [6.45, 7) is 4.31. The Hall–Kier alpha value is -4.89. The number of nitrogens with zero attached hydrogens (tertiary/aromatic N) is 3. The van der Waals surface area contributed by atoms with Crippen molar-refractivity contribution in [2.24, 2.45) is 0 Å². The van der Waals surface area contributed by atoms with Crippen LogP contribution in [0.5, 0.6) is 5.75 Å². The van der Waals surface area contributed by atoms with Crippen molar-refractivity contribution in [2.45, 2.75) is 6.61 Å². The van der Waals surface area contributed by atoms with Gasteiger partial charge in [0.2, 0.25) is 0 Å². The van der Waals surface area contributed by atoms with E-state index in [0.29, 0.717) is 23.6 Å². The van der Waals surface area contributed by atoms with Crippen molar-refractivity contribution < 1.29 is 9.53 Å². The van der Waals surface area contributed by atoms with Crippen molar-refractivity contribution in [1.82, 2.24) is 15.1 Å². The summed E-state index contributed by atoms with van der Waals surface area (Å²) < 4.78 is 7.73. The number of ether oxygens (including phenoxy) is 1. The molecule has 4 aromatic rings. The van der Waals surface area contributed by atoms with Crippen molar-refractivity contribution in [3.8, 4) is 28.8 Å². The molecule has 35 heavy (non-hydrogen) atoms. The summed E-state index contributed by atoms with van der Waals surface area (Å²) in [6, 6.07) is 29.2. The van der Waals surface area contributed by atoms with Gasteiger partial charge in [0.15, 0.2) is 0 Å². The van der Waals surface area contributed by atoms with Crippen molar-refractivity contribution in [3.05, 3.63) is 120 Å². The zero-order valence-electron chi connectivity index (χ0n) is 19.1. The lowest BCUT2D eigenvalue weighted by Crippen LogP contribution is -2.24. The van der Waals surface area contributed by atoms with E-state index in [1.807, 2.05) is 91.0 Å². The Kier molecular flexibility index (Phi) is 7.52. The number of carbonyl (C=O) groups excluding carboxylic acids is 1. The van der Waals surface area contributed by atoms with Crippen LogP contribution in [-0.2, 0) is 11.4 Å². The molecule has 0 atom stereocenters. The molecule has 6 heteroatoms. The molecule has 1 heterocycles. The monoisotopic (exact) mass is 460 g/mol. The van der Waals surface area contributed by atoms with E-state index in [1.165, 1.54) is 0 Å². The summed E-state index contributed by atoms with van der Waals surface area (Å²) in [7, 11) is 0. The van der Waals surface area contributed by atoms with E-state index in [0.717, 1.165) is 16.8 Å². The van der Waals surface area contributed by atoms with Gasteiger partial charge in [-0.2, -0.15) is 10.4 Å². The molecule has 0 unspecified atom stereocenters. The fourth-order valence-corrected chi connectivity index (χ4v) is 3.47. The van der Waals surface area contributed by atoms with E-state index in [2.05, 4.69) is 11.9 Å². The van der Waals surface area contributed by atoms with Gasteiger partial charge in [-0.25, -0.2) is 4.68 Å². The van der Waals surface area contributed by atoms with Crippen LogP contribution < -0.4 is 10.1 Å². The molecule has 4 rings (SSSR count). The van der Waals surface area contributed by atoms with Gasteiger partial charge in [0, 0.05) is 23.9 Å². The molecule has 0 saturated heterocycles. The molecular weight excluding hydrogens is 436 g/mol. The molecule has 0 radical (unpaired) electrons. The lowest BCUT2D eigenvalue weighted by molar-refractivity contribution is -0.116. The average Bonchev–Trinajstić information content (AvgIpc) is 3.34. The predicted octanol–water partition coefficient (Wildman–Crippen LogP) is 5.33. The second kappa shape index (κ2) is 11.3. The maximum Gasteiger partial charge on any atom is 0.262 e. The van der Waals surface area contributed by atoms with Gasteiger partial charge in [-0.05, 0) is 35.9 Å². The van der Waals surface area contributed by atoms with Crippen LogP contribution in [0.15, 0.2) is 109 Å². The number of benzene rings is 3. The third kappa shape index (κ3) is 5.92. The van der Waals surface area contributed by atoms with Gasteiger partial charge in [0.1, 0.15) is 29.7 Å². The van der Waals surface area contributed by atoms with Crippen molar-refractivity contribution in [3.63, 3.8) is 0 Å². The zero-order valence-corrected chi connectivity index (χ0v) is 19.1. The van der Waals surface area contributed by atoms with Gasteiger partial charge in [-0.3, -0.25) is 4.79 Å². The third-order valence-corrected chi connectivity index (χ3v) is 5.19. The normalized spacial score (nSPS) is 10.9. The molecular formula is C29H24N4O2. The Morgan fingerprint density at radius 3 is 2.51 bits per heavy atom. The van der Waals surface area contributed by atoms with Gasteiger partial charge < -0.3 is 10.1 Å². The van der Waals surface area contributed by atoms with Crippen LogP contribution in [0.25, 0.3) is 23.0 Å². The van der Waals surface area contributed by atoms with Crippen molar-refractivity contribution >= 4 is 12.0 Å². The molecule has 1 N–H and O–H groups in total. The van der Waals surface area contributed by atoms with E-state index in [4.69, 9.17) is 9.84 Å². The molecule has 0 fully saturated rings. The van der Waals surface area contributed by atoms with E-state index < -0.39 is 5.91 Å². The molecule has 0 aliphatic carbocycles. The Balaban J connectivity index is 1.71. The second-order valence-corrected chi connectivity index (χ2v) is 7.68. The highest BCUT2D eigenvalue weighted by Crippen LogP contribution is 2.29. The minimum atomic E-state index is -0.467. The first kappa shape index (κ1) is 23.3. The first-order valence-corrected chi connectivity index (χ1v) is 11.1. The number of para-hydroxylation sites is 1. The minimum Gasteiger partial charge on any atom is -0.489 e. The molecule has 0 spiro atoms. The Labute approximate surface area is 204 Å². The van der Waals surface area contributed by atoms with Crippen LogP contribution in [-0.4, -0.2) is 22.2 Å². The third-order valence-electron chi connectivity index (χ3n) is 5.19. The standard InChI is InChI=1S/C29H24N4O2/c1-2-16-31-29(34)24(19-30)17-25-20-33(26-13-7-4-8-14-26)32-28(25)23-12-9-15-27(18-23)35-21-22-10-5-3-6-11-22/h2-15,17-18,20H,1,16,21H2,(H,31,34). The molecule has 1 amide bonds. The fraction of sp³-hybridized carbons (Fsp3) is 0.0690. The average molecular weight is 461 g/mol. The molecule has 0 saturated carbocycles. The summed E-state index contributed by atoms with van der Waals surface area (Å²) in [5.41, 5.74) is 3.98. The number of hydrogen-bond acceptors (Lipinski definition) is 4. The number of nitriles is 1. The molecule has 0 bridgehead atoms. The molecule has 3 aromatic carbocycles. The zero-order chi connectivity index (χ0) is 24.5. The number of aromatic nitrogens is 2. The van der Waals surface area contributed by atoms with Crippen molar-refractivity contribution in [2.75, 3.05) is 6.54 Å². The lowest BCUT2D eigenvalue weighted by Gasteiger charge is -2.08. The lowest BCUT2D eigenvalue weighted by atomic mass is 10.1. The van der Waals surface area contributed by atoms with Gasteiger partial charge in [-0.1, -0.05) is 66.7 Å². The minimum absolute atomic E-state index is 0.0165. The van der Waals surface area contributed by atoms with E-state index in [9.17, 15) is 10.1 Å². The molecule has 0 aliphatic heterocycles. The number of amides is 1. The van der Waals surface area contributed by atoms with Crippen LogP contribution in [0.1, 0.15) is 11.1 Å². The smallest absolute Gasteiger partial charge is 0.262 e. The summed E-state index contributed by atoms with van der Waals surface area (Å²) in [5, 5.41) is 17.0. The summed E-state index contributed by atoms with van der Waals surface area (Å²) in [5.74, 6) is 0.227. The number of hydrogen-bond donors (Lipinski definition) is 1. The van der Waals surface area contributed by atoms with E-state index >= 15 is 0 Å². The summed E-state index contributed by atoms with van der Waals surface area (Å²) >= 11 is 0. The van der Waals surface area contributed by atoms with Crippen LogP contribution in [0.3, 0.4) is 0 Å². The van der Waals surface area contributed by atoms with Gasteiger partial charge in [-0.15, -0.1) is 6.58 Å². The van der Waals surface area contributed by atoms with Gasteiger partial charge in [0.05, 0.1) is 5.69 Å². The van der Waals surface area contributed by atoms with Gasteiger partial charge in [0.25, 0.3) is 5.91 Å². The molecule has 172 valence electrons. The maximum absolute atomic E-state index is 12.4. The number of carbonyl (C=O) groups is 1. The Morgan fingerprint density at radius 1 is 1.06 bits per heavy atom. The van der Waals surface area contributed by atoms with Crippen molar-refractivity contribution in [1.29, 1.82) is 5.26 Å². The highest BCUT2D eigenvalue weighted by molar-refractivity contribution is 6.02. The van der Waals surface area contributed by atoms with Gasteiger partial charge >= 0.3 is 0 Å². The highest BCUT2D eigenvalue weighted by atomic mass is 16.5. The number of rotatable bonds is 9. The SMILES string of the molecule is C=CCNC(=O)C(C#N)=Cc1cn(-c2ccccc2)nc1-c1cccc(OCc2ccccc2)c1. The second-order valence-electron chi connectivity index (χ2n) is 7.68. The van der Waals surface area contributed by atoms with Crippen LogP contribution >= 0.6 is 0 Å². The predicted molar refractivity (Wildman–Crippen MR) is 137 cm³/mol. The van der Waals surface area contributed by atoms with E-state index in [-0.39, 0.29) is 12.1 Å². The largest absolute Gasteiger partial charge is 0.489 e. The quantitative estimate of drug-likeness (QED) is 0.208. The fourth-order valence-electron chi connectivity index (χ4n) is 3.47. The topological polar surface area (TPSA) is 79.9 Å². The first-order valence-electron chi connectivity index (χ1n) is 11.1. The maximum atomic E-state index is 12.4. The van der Waals surface area contributed by atoms with Crippen LogP contribution in [0, 0.1) is 11.3 Å². The highest BCUT2D eigenvalue weighted by Gasteiger charge is 2.15. The van der Waals surface area contributed by atoms with Crippen LogP contribution in [0.2, 0.25) is 0 Å². The number of nitrogens with one attached hydrogen (secondary N) is 1. The Bertz CT molecular complexity index is 1380. The Morgan fingerprint density at radius 2 is 1.80 bits per heavy atom. The summed E-state index contributed by atoms with van der Waals surface area (Å²) in [4.78, 5) is 12.4. The van der Waals surface area contributed by atoms with Crippen LogP contribution in [0.4, 0.5) is 0 Å².